The van der Waals surface area contributed by atoms with E-state index >= 15 is 0 Å². The maximum Gasteiger partial charge on any atom is 0.161 e. The molecule has 0 amide bonds. The Morgan fingerprint density at radius 1 is 1.15 bits per heavy atom. The summed E-state index contributed by atoms with van der Waals surface area (Å²) in [6.45, 7) is 0.763. The number of rotatable bonds is 2. The molecule has 3 N–H and O–H groups in total. The van der Waals surface area contributed by atoms with Gasteiger partial charge in [-0.15, -0.1) is 0 Å². The van der Waals surface area contributed by atoms with E-state index in [0.29, 0.717) is 0 Å². The number of nitrogen functional groups attached to an aromatic ring is 1. The molecular formula is C15H16N4O. The topological polar surface area (TPSA) is 73.1 Å². The standard InChI is InChI=1S/C15H16N4O/c16-19-15-11-2-1-3-12(11)17-14(18-15)10-4-5-13-9(8-10)6-7-20-13/h4-5,8H,1-3,6-7,16H2,(H,17,18,19). The van der Waals surface area contributed by atoms with E-state index in [1.54, 1.807) is 0 Å². The second-order valence-corrected chi connectivity index (χ2v) is 5.24. The molecular weight excluding hydrogens is 252 g/mol. The summed E-state index contributed by atoms with van der Waals surface area (Å²) >= 11 is 0. The summed E-state index contributed by atoms with van der Waals surface area (Å²) in [6, 6.07) is 6.14. The fourth-order valence-corrected chi connectivity index (χ4v) is 3.01. The van der Waals surface area contributed by atoms with Crippen LogP contribution in [0.15, 0.2) is 18.2 Å². The number of hydrogen-bond donors (Lipinski definition) is 2. The lowest BCUT2D eigenvalue weighted by Crippen LogP contribution is -2.12. The monoisotopic (exact) mass is 268 g/mol. The molecule has 4 rings (SSSR count). The Balaban J connectivity index is 1.82. The van der Waals surface area contributed by atoms with Gasteiger partial charge >= 0.3 is 0 Å². The van der Waals surface area contributed by atoms with Gasteiger partial charge in [0.15, 0.2) is 5.82 Å². The van der Waals surface area contributed by atoms with E-state index in [0.717, 1.165) is 60.9 Å². The number of hydrogen-bond acceptors (Lipinski definition) is 5. The first kappa shape index (κ1) is 11.7. The molecule has 0 spiro atoms. The molecule has 102 valence electrons. The van der Waals surface area contributed by atoms with E-state index in [2.05, 4.69) is 16.5 Å². The van der Waals surface area contributed by atoms with Crippen LogP contribution in [0.4, 0.5) is 5.82 Å². The van der Waals surface area contributed by atoms with Crippen LogP contribution in [0.1, 0.15) is 23.2 Å². The smallest absolute Gasteiger partial charge is 0.161 e. The highest BCUT2D eigenvalue weighted by molar-refractivity contribution is 5.63. The van der Waals surface area contributed by atoms with Crippen molar-refractivity contribution in [3.8, 4) is 17.1 Å². The molecule has 0 bridgehead atoms. The fraction of sp³-hybridized carbons (Fsp3) is 0.333. The van der Waals surface area contributed by atoms with Gasteiger partial charge in [0.05, 0.1) is 6.61 Å². The Morgan fingerprint density at radius 3 is 3.00 bits per heavy atom. The summed E-state index contributed by atoms with van der Waals surface area (Å²) in [5.41, 5.74) is 7.26. The average molecular weight is 268 g/mol. The van der Waals surface area contributed by atoms with Crippen LogP contribution in [0.2, 0.25) is 0 Å². The van der Waals surface area contributed by atoms with E-state index in [1.165, 1.54) is 11.1 Å². The molecule has 0 saturated heterocycles. The highest BCUT2D eigenvalue weighted by atomic mass is 16.5. The molecule has 1 aromatic carbocycles. The Morgan fingerprint density at radius 2 is 2.10 bits per heavy atom. The maximum atomic E-state index is 5.60. The molecule has 0 unspecified atom stereocenters. The van der Waals surface area contributed by atoms with Gasteiger partial charge in [-0.2, -0.15) is 0 Å². The SMILES string of the molecule is NNc1nc(-c2ccc3c(c2)CCO3)nc2c1CCC2. The summed E-state index contributed by atoms with van der Waals surface area (Å²) in [5.74, 6) is 8.09. The van der Waals surface area contributed by atoms with E-state index in [-0.39, 0.29) is 0 Å². The van der Waals surface area contributed by atoms with Crippen molar-refractivity contribution < 1.29 is 4.74 Å². The number of anilines is 1. The first-order chi connectivity index (χ1) is 9.85. The second-order valence-electron chi connectivity index (χ2n) is 5.24. The quantitative estimate of drug-likeness (QED) is 0.642. The molecule has 1 aromatic heterocycles. The summed E-state index contributed by atoms with van der Waals surface area (Å²) in [5, 5.41) is 0. The van der Waals surface area contributed by atoms with Crippen molar-refractivity contribution >= 4 is 5.82 Å². The number of aromatic nitrogens is 2. The van der Waals surface area contributed by atoms with E-state index < -0.39 is 0 Å². The summed E-state index contributed by atoms with van der Waals surface area (Å²) in [4.78, 5) is 9.28. The van der Waals surface area contributed by atoms with E-state index in [4.69, 9.17) is 15.6 Å². The van der Waals surface area contributed by atoms with Crippen LogP contribution in [0.25, 0.3) is 11.4 Å². The molecule has 2 aliphatic rings. The first-order valence-corrected chi connectivity index (χ1v) is 6.97. The number of aryl methyl sites for hydroxylation is 1. The molecule has 5 nitrogen and oxygen atoms in total. The number of benzene rings is 1. The lowest BCUT2D eigenvalue weighted by atomic mass is 10.1. The molecule has 5 heteroatoms. The van der Waals surface area contributed by atoms with Crippen molar-refractivity contribution in [3.05, 3.63) is 35.0 Å². The number of nitrogens with one attached hydrogen (secondary N) is 1. The summed E-state index contributed by atoms with van der Waals surface area (Å²) in [7, 11) is 0. The molecule has 20 heavy (non-hydrogen) atoms. The van der Waals surface area contributed by atoms with Crippen LogP contribution in [0.3, 0.4) is 0 Å². The predicted octanol–water partition coefficient (Wildman–Crippen LogP) is 1.85. The van der Waals surface area contributed by atoms with Crippen molar-refractivity contribution in [1.82, 2.24) is 9.97 Å². The highest BCUT2D eigenvalue weighted by Crippen LogP contribution is 2.32. The van der Waals surface area contributed by atoms with Gasteiger partial charge in [-0.05, 0) is 43.0 Å². The Kier molecular flexibility index (Phi) is 2.60. The van der Waals surface area contributed by atoms with Crippen LogP contribution in [-0.4, -0.2) is 16.6 Å². The molecule has 0 atom stereocenters. The lowest BCUT2D eigenvalue weighted by Gasteiger charge is -2.10. The minimum absolute atomic E-state index is 0.744. The van der Waals surface area contributed by atoms with E-state index in [9.17, 15) is 0 Å². The molecule has 0 fully saturated rings. The molecule has 0 saturated carbocycles. The van der Waals surface area contributed by atoms with E-state index in [1.807, 2.05) is 12.1 Å². The van der Waals surface area contributed by atoms with Gasteiger partial charge in [-0.1, -0.05) is 0 Å². The maximum absolute atomic E-state index is 5.60. The number of hydrazine groups is 1. The lowest BCUT2D eigenvalue weighted by molar-refractivity contribution is 0.357. The minimum atomic E-state index is 0.744. The average Bonchev–Trinajstić information content (AvgIpc) is 3.13. The van der Waals surface area contributed by atoms with Gasteiger partial charge in [0.1, 0.15) is 11.6 Å². The van der Waals surface area contributed by atoms with Gasteiger partial charge in [0.2, 0.25) is 0 Å². The van der Waals surface area contributed by atoms with Crippen LogP contribution >= 0.6 is 0 Å². The van der Waals surface area contributed by atoms with Crippen molar-refractivity contribution in [1.29, 1.82) is 0 Å². The number of nitrogens with two attached hydrogens (primary N) is 1. The van der Waals surface area contributed by atoms with Crippen LogP contribution in [0, 0.1) is 0 Å². The predicted molar refractivity (Wildman–Crippen MR) is 76.5 cm³/mol. The van der Waals surface area contributed by atoms with Crippen molar-refractivity contribution in [2.45, 2.75) is 25.7 Å². The third kappa shape index (κ3) is 1.74. The Labute approximate surface area is 117 Å². The number of nitrogens with zero attached hydrogens (tertiary/aromatic N) is 2. The number of ether oxygens (including phenoxy) is 1. The first-order valence-electron chi connectivity index (χ1n) is 6.97. The fourth-order valence-electron chi connectivity index (χ4n) is 3.01. The Hall–Kier alpha value is -2.14. The zero-order valence-corrected chi connectivity index (χ0v) is 11.1. The third-order valence-electron chi connectivity index (χ3n) is 4.02. The molecule has 2 aromatic rings. The number of fused-ring (bicyclic) bond motifs is 2. The minimum Gasteiger partial charge on any atom is -0.493 e. The molecule has 1 aliphatic carbocycles. The highest BCUT2D eigenvalue weighted by Gasteiger charge is 2.20. The third-order valence-corrected chi connectivity index (χ3v) is 4.02. The normalized spacial score (nSPS) is 15.7. The Bertz CT molecular complexity index is 684. The van der Waals surface area contributed by atoms with Gasteiger partial charge < -0.3 is 10.2 Å². The molecule has 1 aliphatic heterocycles. The van der Waals surface area contributed by atoms with Crippen LogP contribution < -0.4 is 16.0 Å². The summed E-state index contributed by atoms with van der Waals surface area (Å²) in [6.07, 6.45) is 4.09. The summed E-state index contributed by atoms with van der Waals surface area (Å²) < 4.78 is 5.54. The van der Waals surface area contributed by atoms with Crippen molar-refractivity contribution in [3.63, 3.8) is 0 Å². The zero-order valence-electron chi connectivity index (χ0n) is 11.1. The second kappa shape index (κ2) is 4.45. The van der Waals surface area contributed by atoms with Gasteiger partial charge in [0, 0.05) is 23.2 Å². The van der Waals surface area contributed by atoms with Crippen molar-refractivity contribution in [2.24, 2.45) is 5.84 Å². The van der Waals surface area contributed by atoms with Crippen molar-refractivity contribution in [2.75, 3.05) is 12.0 Å². The van der Waals surface area contributed by atoms with Gasteiger partial charge in [-0.3, -0.25) is 0 Å². The van der Waals surface area contributed by atoms with Crippen LogP contribution in [-0.2, 0) is 19.3 Å². The largest absolute Gasteiger partial charge is 0.493 e. The van der Waals surface area contributed by atoms with Gasteiger partial charge in [-0.25, -0.2) is 15.8 Å². The van der Waals surface area contributed by atoms with Gasteiger partial charge in [0.25, 0.3) is 0 Å². The van der Waals surface area contributed by atoms with Crippen LogP contribution in [0.5, 0.6) is 5.75 Å². The molecule has 0 radical (unpaired) electrons. The molecule has 2 heterocycles. The zero-order chi connectivity index (χ0) is 13.5.